The molecule has 2 saturated heterocycles. The third-order valence-electron chi connectivity index (χ3n) is 4.66. The highest BCUT2D eigenvalue weighted by Crippen LogP contribution is 2.12. The molecule has 0 radical (unpaired) electrons. The number of rotatable bonds is 6. The van der Waals surface area contributed by atoms with E-state index in [2.05, 4.69) is 34.3 Å². The van der Waals surface area contributed by atoms with Gasteiger partial charge in [-0.15, -0.1) is 0 Å². The summed E-state index contributed by atoms with van der Waals surface area (Å²) in [6.07, 6.45) is 2.17. The fraction of sp³-hybridized carbons (Fsp3) is 0.933. The quantitative estimate of drug-likeness (QED) is 0.734. The summed E-state index contributed by atoms with van der Waals surface area (Å²) in [4.78, 5) is 17.1. The minimum absolute atomic E-state index is 0.00373. The van der Waals surface area contributed by atoms with Crippen LogP contribution in [0.15, 0.2) is 0 Å². The molecule has 2 fully saturated rings. The van der Waals surface area contributed by atoms with E-state index in [9.17, 15) is 4.79 Å². The zero-order valence-electron chi connectivity index (χ0n) is 13.2. The molecule has 20 heavy (non-hydrogen) atoms. The number of piperazine rings is 1. The molecule has 0 aromatic heterocycles. The Morgan fingerprint density at radius 2 is 1.90 bits per heavy atom. The number of nitrogens with one attached hydrogen (secondary N) is 2. The number of carbonyl (C=O) groups is 1. The summed E-state index contributed by atoms with van der Waals surface area (Å²) in [6.45, 7) is 12.7. The first kappa shape index (κ1) is 15.7. The molecule has 0 aromatic carbocycles. The minimum Gasteiger partial charge on any atom is -0.352 e. The van der Waals surface area contributed by atoms with Gasteiger partial charge in [-0.1, -0.05) is 13.3 Å². The number of hydrogen-bond donors (Lipinski definition) is 2. The van der Waals surface area contributed by atoms with Crippen molar-refractivity contribution in [1.82, 2.24) is 20.4 Å². The van der Waals surface area contributed by atoms with Crippen molar-refractivity contribution in [2.75, 3.05) is 39.3 Å². The van der Waals surface area contributed by atoms with Gasteiger partial charge in [0.2, 0.25) is 5.91 Å². The molecule has 0 aliphatic carbocycles. The lowest BCUT2D eigenvalue weighted by Crippen LogP contribution is -2.63. The summed E-state index contributed by atoms with van der Waals surface area (Å²) >= 11 is 0. The monoisotopic (exact) mass is 282 g/mol. The maximum absolute atomic E-state index is 12.2. The van der Waals surface area contributed by atoms with E-state index in [1.165, 1.54) is 0 Å². The van der Waals surface area contributed by atoms with Crippen LogP contribution in [0.4, 0.5) is 0 Å². The first-order valence-electron chi connectivity index (χ1n) is 8.11. The van der Waals surface area contributed by atoms with Crippen LogP contribution >= 0.6 is 0 Å². The fourth-order valence-electron chi connectivity index (χ4n) is 3.06. The van der Waals surface area contributed by atoms with Gasteiger partial charge in [0, 0.05) is 51.4 Å². The van der Waals surface area contributed by atoms with Gasteiger partial charge in [0.25, 0.3) is 0 Å². The predicted octanol–water partition coefficient (Wildman–Crippen LogP) is 0.269. The smallest absolute Gasteiger partial charge is 0.237 e. The van der Waals surface area contributed by atoms with Gasteiger partial charge in [0.05, 0.1) is 6.04 Å². The predicted molar refractivity (Wildman–Crippen MR) is 81.8 cm³/mol. The van der Waals surface area contributed by atoms with E-state index in [1.807, 2.05) is 6.92 Å². The zero-order valence-corrected chi connectivity index (χ0v) is 13.2. The molecule has 2 heterocycles. The van der Waals surface area contributed by atoms with Crippen molar-refractivity contribution < 1.29 is 4.79 Å². The van der Waals surface area contributed by atoms with Gasteiger partial charge < -0.3 is 10.6 Å². The molecular formula is C15H30N4O. The van der Waals surface area contributed by atoms with E-state index >= 15 is 0 Å². The number of amides is 1. The molecule has 2 unspecified atom stereocenters. The van der Waals surface area contributed by atoms with Crippen LogP contribution in [-0.2, 0) is 4.79 Å². The van der Waals surface area contributed by atoms with Crippen LogP contribution in [0.1, 0.15) is 33.6 Å². The Morgan fingerprint density at radius 1 is 1.25 bits per heavy atom. The molecular weight excluding hydrogens is 252 g/mol. The third-order valence-corrected chi connectivity index (χ3v) is 4.66. The van der Waals surface area contributed by atoms with Crippen LogP contribution in [0, 0.1) is 0 Å². The molecule has 0 bridgehead atoms. The Kier molecular flexibility index (Phi) is 5.81. The van der Waals surface area contributed by atoms with Crippen molar-refractivity contribution in [2.45, 2.75) is 51.7 Å². The van der Waals surface area contributed by atoms with Crippen LogP contribution in [0.25, 0.3) is 0 Å². The molecule has 2 atom stereocenters. The Hall–Kier alpha value is -0.650. The summed E-state index contributed by atoms with van der Waals surface area (Å²) in [6, 6.07) is 1.01. The largest absolute Gasteiger partial charge is 0.352 e. The van der Waals surface area contributed by atoms with E-state index in [0.717, 1.165) is 58.2 Å². The second-order valence-corrected chi connectivity index (χ2v) is 6.26. The lowest BCUT2D eigenvalue weighted by atomic mass is 10.1. The van der Waals surface area contributed by atoms with Crippen LogP contribution < -0.4 is 10.6 Å². The van der Waals surface area contributed by atoms with E-state index in [4.69, 9.17) is 0 Å². The van der Waals surface area contributed by atoms with Gasteiger partial charge >= 0.3 is 0 Å². The van der Waals surface area contributed by atoms with Gasteiger partial charge in [0.1, 0.15) is 0 Å². The molecule has 2 aliphatic heterocycles. The lowest BCUT2D eigenvalue weighted by molar-refractivity contribution is -0.127. The van der Waals surface area contributed by atoms with Crippen molar-refractivity contribution in [3.05, 3.63) is 0 Å². The van der Waals surface area contributed by atoms with E-state index in [0.29, 0.717) is 0 Å². The van der Waals surface area contributed by atoms with Gasteiger partial charge in [0.15, 0.2) is 0 Å². The van der Waals surface area contributed by atoms with Crippen LogP contribution in [0.3, 0.4) is 0 Å². The van der Waals surface area contributed by atoms with Gasteiger partial charge in [-0.2, -0.15) is 0 Å². The van der Waals surface area contributed by atoms with Crippen LogP contribution in [0.2, 0.25) is 0 Å². The maximum atomic E-state index is 12.2. The molecule has 116 valence electrons. The molecule has 1 amide bonds. The first-order valence-corrected chi connectivity index (χ1v) is 8.11. The molecule has 0 aromatic rings. The van der Waals surface area contributed by atoms with Crippen molar-refractivity contribution >= 4 is 5.91 Å². The Labute approximate surface area is 123 Å². The van der Waals surface area contributed by atoms with Crippen LogP contribution in [0.5, 0.6) is 0 Å². The number of nitrogens with zero attached hydrogens (tertiary/aromatic N) is 2. The molecule has 0 saturated carbocycles. The maximum Gasteiger partial charge on any atom is 0.237 e. The third kappa shape index (κ3) is 3.93. The summed E-state index contributed by atoms with van der Waals surface area (Å²) in [5.74, 6) is 0.185. The summed E-state index contributed by atoms with van der Waals surface area (Å²) < 4.78 is 0. The van der Waals surface area contributed by atoms with Crippen LogP contribution in [-0.4, -0.2) is 73.1 Å². The average molecular weight is 282 g/mol. The van der Waals surface area contributed by atoms with Gasteiger partial charge in [-0.05, 0) is 20.3 Å². The number of hydrogen-bond acceptors (Lipinski definition) is 4. The zero-order chi connectivity index (χ0) is 14.5. The summed E-state index contributed by atoms with van der Waals surface area (Å²) in [7, 11) is 0. The topological polar surface area (TPSA) is 47.6 Å². The van der Waals surface area contributed by atoms with E-state index in [1.54, 1.807) is 0 Å². The Bertz CT molecular complexity index is 311. The Morgan fingerprint density at radius 3 is 2.40 bits per heavy atom. The second-order valence-electron chi connectivity index (χ2n) is 6.26. The fourth-order valence-corrected chi connectivity index (χ4v) is 3.06. The highest BCUT2D eigenvalue weighted by molar-refractivity contribution is 5.81. The molecule has 2 N–H and O–H groups in total. The van der Waals surface area contributed by atoms with Crippen molar-refractivity contribution in [1.29, 1.82) is 0 Å². The van der Waals surface area contributed by atoms with Gasteiger partial charge in [-0.3, -0.25) is 14.6 Å². The van der Waals surface area contributed by atoms with Crippen molar-refractivity contribution in [3.63, 3.8) is 0 Å². The minimum atomic E-state index is -0.00373. The summed E-state index contributed by atoms with van der Waals surface area (Å²) in [5.41, 5.74) is 0. The van der Waals surface area contributed by atoms with Crippen molar-refractivity contribution in [3.8, 4) is 0 Å². The molecule has 2 rings (SSSR count). The Balaban J connectivity index is 1.72. The first-order chi connectivity index (χ1) is 9.61. The average Bonchev–Trinajstić information content (AvgIpc) is 2.37. The highest BCUT2D eigenvalue weighted by atomic mass is 16.2. The van der Waals surface area contributed by atoms with Gasteiger partial charge in [-0.25, -0.2) is 0 Å². The molecule has 5 heteroatoms. The summed E-state index contributed by atoms with van der Waals surface area (Å²) in [5, 5.41) is 6.45. The SMILES string of the molecule is CCCC(C)NC(=O)C(C)N1CCN(C2CNC2)CC1. The second kappa shape index (κ2) is 7.38. The lowest BCUT2D eigenvalue weighted by Gasteiger charge is -2.44. The standard InChI is InChI=1S/C15H30N4O/c1-4-5-12(2)17-15(20)13(3)18-6-8-19(9-7-18)14-10-16-11-14/h12-14,16H,4-11H2,1-3H3,(H,17,20). The molecule has 0 spiro atoms. The van der Waals surface area contributed by atoms with E-state index < -0.39 is 0 Å². The number of carbonyl (C=O) groups excluding carboxylic acids is 1. The molecule has 2 aliphatic rings. The normalized spacial score (nSPS) is 24.9. The highest BCUT2D eigenvalue weighted by Gasteiger charge is 2.30. The van der Waals surface area contributed by atoms with Crippen molar-refractivity contribution in [2.24, 2.45) is 0 Å². The molecule has 5 nitrogen and oxygen atoms in total. The van der Waals surface area contributed by atoms with E-state index in [-0.39, 0.29) is 18.0 Å².